The number of piperidine rings is 1. The SMILES string of the molecule is Cc1cc(Cl)ccc1CNC1CCN(C(=O)c2cnccn2)CC1. The van der Waals surface area contributed by atoms with Crippen LogP contribution in [0.25, 0.3) is 0 Å². The van der Waals surface area contributed by atoms with E-state index in [-0.39, 0.29) is 5.91 Å². The molecule has 1 aromatic carbocycles. The number of aryl methyl sites for hydroxylation is 1. The highest BCUT2D eigenvalue weighted by Gasteiger charge is 2.24. The predicted octanol–water partition coefficient (Wildman–Crippen LogP) is 2.83. The first-order valence-electron chi connectivity index (χ1n) is 8.17. The molecule has 1 amide bonds. The first-order chi connectivity index (χ1) is 11.6. The Balaban J connectivity index is 1.49. The lowest BCUT2D eigenvalue weighted by atomic mass is 10.0. The van der Waals surface area contributed by atoms with Gasteiger partial charge in [0.15, 0.2) is 0 Å². The average molecular weight is 345 g/mol. The van der Waals surface area contributed by atoms with E-state index in [1.54, 1.807) is 12.4 Å². The molecule has 1 N–H and O–H groups in total. The van der Waals surface area contributed by atoms with E-state index in [1.165, 1.54) is 17.3 Å². The van der Waals surface area contributed by atoms with E-state index in [4.69, 9.17) is 11.6 Å². The van der Waals surface area contributed by atoms with Crippen LogP contribution in [-0.4, -0.2) is 39.9 Å². The summed E-state index contributed by atoms with van der Waals surface area (Å²) in [4.78, 5) is 22.3. The lowest BCUT2D eigenvalue weighted by Crippen LogP contribution is -2.45. The lowest BCUT2D eigenvalue weighted by molar-refractivity contribution is 0.0698. The minimum atomic E-state index is -0.0323. The van der Waals surface area contributed by atoms with Gasteiger partial charge in [0.1, 0.15) is 5.69 Å². The molecule has 6 heteroatoms. The van der Waals surface area contributed by atoms with Gasteiger partial charge in [-0.25, -0.2) is 4.98 Å². The molecule has 2 aromatic rings. The number of amides is 1. The topological polar surface area (TPSA) is 58.1 Å². The Morgan fingerprint density at radius 1 is 1.33 bits per heavy atom. The molecule has 0 atom stereocenters. The molecule has 0 radical (unpaired) electrons. The van der Waals surface area contributed by atoms with Crippen molar-refractivity contribution in [3.05, 3.63) is 58.6 Å². The van der Waals surface area contributed by atoms with E-state index in [0.29, 0.717) is 11.7 Å². The Labute approximate surface area is 147 Å². The summed E-state index contributed by atoms with van der Waals surface area (Å²) in [5.41, 5.74) is 2.88. The van der Waals surface area contributed by atoms with Gasteiger partial charge in [0, 0.05) is 43.1 Å². The summed E-state index contributed by atoms with van der Waals surface area (Å²) < 4.78 is 0. The summed E-state index contributed by atoms with van der Waals surface area (Å²) in [6.07, 6.45) is 6.54. The van der Waals surface area contributed by atoms with Crippen LogP contribution in [0.1, 0.15) is 34.5 Å². The smallest absolute Gasteiger partial charge is 0.274 e. The quantitative estimate of drug-likeness (QED) is 0.926. The van der Waals surface area contributed by atoms with Gasteiger partial charge in [0.05, 0.1) is 6.20 Å². The van der Waals surface area contributed by atoms with Crippen molar-refractivity contribution in [2.24, 2.45) is 0 Å². The molecule has 1 fully saturated rings. The summed E-state index contributed by atoms with van der Waals surface area (Å²) in [5.74, 6) is -0.0323. The molecule has 1 aromatic heterocycles. The Kier molecular flexibility index (Phi) is 5.43. The summed E-state index contributed by atoms with van der Waals surface area (Å²) >= 11 is 5.99. The van der Waals surface area contributed by atoms with Gasteiger partial charge < -0.3 is 10.2 Å². The van der Waals surface area contributed by atoms with Gasteiger partial charge in [-0.3, -0.25) is 9.78 Å². The third-order valence-electron chi connectivity index (χ3n) is 4.45. The third-order valence-corrected chi connectivity index (χ3v) is 4.69. The van der Waals surface area contributed by atoms with E-state index in [9.17, 15) is 4.79 Å². The summed E-state index contributed by atoms with van der Waals surface area (Å²) in [6, 6.07) is 6.40. The minimum absolute atomic E-state index is 0.0323. The number of halogens is 1. The van der Waals surface area contributed by atoms with Gasteiger partial charge in [-0.15, -0.1) is 0 Å². The Bertz CT molecular complexity index is 699. The highest BCUT2D eigenvalue weighted by Crippen LogP contribution is 2.17. The number of benzene rings is 1. The highest BCUT2D eigenvalue weighted by atomic mass is 35.5. The second-order valence-corrected chi connectivity index (χ2v) is 6.55. The summed E-state index contributed by atoms with van der Waals surface area (Å²) in [7, 11) is 0. The molecule has 126 valence electrons. The number of nitrogens with one attached hydrogen (secondary N) is 1. The summed E-state index contributed by atoms with van der Waals surface area (Å²) in [6.45, 7) is 4.39. The number of rotatable bonds is 4. The van der Waals surface area contributed by atoms with E-state index in [1.807, 2.05) is 17.0 Å². The van der Waals surface area contributed by atoms with E-state index >= 15 is 0 Å². The molecule has 0 unspecified atom stereocenters. The number of nitrogens with zero attached hydrogens (tertiary/aromatic N) is 3. The molecule has 1 saturated heterocycles. The normalized spacial score (nSPS) is 15.5. The zero-order chi connectivity index (χ0) is 16.9. The fourth-order valence-electron chi connectivity index (χ4n) is 2.97. The zero-order valence-corrected chi connectivity index (χ0v) is 14.5. The number of carbonyl (C=O) groups excluding carboxylic acids is 1. The number of aromatic nitrogens is 2. The second kappa shape index (κ2) is 7.73. The van der Waals surface area contributed by atoms with E-state index in [2.05, 4.69) is 28.3 Å². The minimum Gasteiger partial charge on any atom is -0.337 e. The van der Waals surface area contributed by atoms with Crippen molar-refractivity contribution in [2.75, 3.05) is 13.1 Å². The largest absolute Gasteiger partial charge is 0.337 e. The summed E-state index contributed by atoms with van der Waals surface area (Å²) in [5, 5.41) is 4.36. The average Bonchev–Trinajstić information content (AvgIpc) is 2.62. The molecule has 0 bridgehead atoms. The molecule has 3 rings (SSSR count). The van der Waals surface area contributed by atoms with Crippen LogP contribution >= 0.6 is 11.6 Å². The maximum Gasteiger partial charge on any atom is 0.274 e. The van der Waals surface area contributed by atoms with Crippen LogP contribution in [0.15, 0.2) is 36.8 Å². The molecule has 2 heterocycles. The van der Waals surface area contributed by atoms with Crippen molar-refractivity contribution in [2.45, 2.75) is 32.4 Å². The number of carbonyl (C=O) groups is 1. The van der Waals surface area contributed by atoms with Gasteiger partial charge in [-0.05, 0) is 43.0 Å². The molecule has 1 aliphatic rings. The van der Waals surface area contributed by atoms with Crippen molar-refractivity contribution in [3.63, 3.8) is 0 Å². The number of hydrogen-bond donors (Lipinski definition) is 1. The fourth-order valence-corrected chi connectivity index (χ4v) is 3.20. The Hall–Kier alpha value is -1.98. The van der Waals surface area contributed by atoms with Crippen molar-refractivity contribution < 1.29 is 4.79 Å². The number of likely N-dealkylation sites (tertiary alicyclic amines) is 1. The van der Waals surface area contributed by atoms with Crippen molar-refractivity contribution in [3.8, 4) is 0 Å². The zero-order valence-electron chi connectivity index (χ0n) is 13.7. The monoisotopic (exact) mass is 344 g/mol. The van der Waals surface area contributed by atoms with Gasteiger partial charge in [0.2, 0.25) is 0 Å². The molecule has 0 aliphatic carbocycles. The molecular formula is C18H21ClN4O. The van der Waals surface area contributed by atoms with Crippen LogP contribution in [0, 0.1) is 6.92 Å². The van der Waals surface area contributed by atoms with Crippen molar-refractivity contribution in [1.82, 2.24) is 20.2 Å². The van der Waals surface area contributed by atoms with Gasteiger partial charge in [0.25, 0.3) is 5.91 Å². The molecular weight excluding hydrogens is 324 g/mol. The number of hydrogen-bond acceptors (Lipinski definition) is 4. The van der Waals surface area contributed by atoms with Crippen LogP contribution in [0.4, 0.5) is 0 Å². The van der Waals surface area contributed by atoms with Gasteiger partial charge in [-0.1, -0.05) is 17.7 Å². The van der Waals surface area contributed by atoms with Crippen molar-refractivity contribution >= 4 is 17.5 Å². The van der Waals surface area contributed by atoms with Crippen LogP contribution in [-0.2, 0) is 6.54 Å². The Morgan fingerprint density at radius 3 is 2.79 bits per heavy atom. The molecule has 5 nitrogen and oxygen atoms in total. The van der Waals surface area contributed by atoms with Crippen molar-refractivity contribution in [1.29, 1.82) is 0 Å². The van der Waals surface area contributed by atoms with Crippen LogP contribution in [0.3, 0.4) is 0 Å². The fraction of sp³-hybridized carbons (Fsp3) is 0.389. The molecule has 0 saturated carbocycles. The van der Waals surface area contributed by atoms with Crippen LogP contribution in [0.5, 0.6) is 0 Å². The third kappa shape index (κ3) is 4.10. The van der Waals surface area contributed by atoms with E-state index < -0.39 is 0 Å². The molecule has 0 spiro atoms. The van der Waals surface area contributed by atoms with Crippen LogP contribution < -0.4 is 5.32 Å². The second-order valence-electron chi connectivity index (χ2n) is 6.11. The standard InChI is InChI=1S/C18H21ClN4O/c1-13-10-15(19)3-2-14(13)11-22-16-4-8-23(9-5-16)18(24)17-12-20-6-7-21-17/h2-3,6-7,10,12,16,22H,4-5,8-9,11H2,1H3. The predicted molar refractivity (Wildman–Crippen MR) is 94.0 cm³/mol. The highest BCUT2D eigenvalue weighted by molar-refractivity contribution is 6.30. The molecule has 1 aliphatic heterocycles. The Morgan fingerprint density at radius 2 is 2.12 bits per heavy atom. The maximum atomic E-state index is 12.4. The van der Waals surface area contributed by atoms with Gasteiger partial charge in [-0.2, -0.15) is 0 Å². The first kappa shape index (κ1) is 16.9. The lowest BCUT2D eigenvalue weighted by Gasteiger charge is -2.32. The van der Waals surface area contributed by atoms with Crippen LogP contribution in [0.2, 0.25) is 5.02 Å². The van der Waals surface area contributed by atoms with Gasteiger partial charge >= 0.3 is 0 Å². The van der Waals surface area contributed by atoms with E-state index in [0.717, 1.165) is 37.5 Å². The maximum absolute atomic E-state index is 12.4. The molecule has 24 heavy (non-hydrogen) atoms. The first-order valence-corrected chi connectivity index (χ1v) is 8.55.